The molecule has 0 aliphatic carbocycles. The smallest absolute Gasteiger partial charge is 0.273 e. The minimum Gasteiger partial charge on any atom is -0.491 e. The zero-order valence-corrected chi connectivity index (χ0v) is 10.9. The monoisotopic (exact) mass is 260 g/mol. The molecule has 2 aromatic rings. The number of H-pyrrole nitrogens is 1. The number of rotatable bonds is 5. The third-order valence-electron chi connectivity index (χ3n) is 2.55. The summed E-state index contributed by atoms with van der Waals surface area (Å²) in [5.74, 6) is 0.516. The van der Waals surface area contributed by atoms with Crippen LogP contribution < -0.4 is 10.1 Å². The average molecular weight is 260 g/mol. The molecule has 1 amide bonds. The molecule has 19 heavy (non-hydrogen) atoms. The first-order valence-corrected chi connectivity index (χ1v) is 6.01. The number of amides is 1. The molecule has 0 spiro atoms. The predicted octanol–water partition coefficient (Wildman–Crippen LogP) is 1.31. The molecule has 2 rings (SSSR count). The first-order valence-electron chi connectivity index (χ1n) is 6.01. The highest BCUT2D eigenvalue weighted by Crippen LogP contribution is 2.11. The molecular weight excluding hydrogens is 244 g/mol. The normalized spacial score (nSPS) is 11.9. The molecule has 1 aromatic heterocycles. The molecule has 0 bridgehead atoms. The van der Waals surface area contributed by atoms with E-state index in [2.05, 4.69) is 20.7 Å². The molecule has 0 aliphatic heterocycles. The summed E-state index contributed by atoms with van der Waals surface area (Å²) in [5.41, 5.74) is 1.45. The number of ether oxygens (including phenoxy) is 1. The Morgan fingerprint density at radius 3 is 2.79 bits per heavy atom. The Hall–Kier alpha value is -2.37. The maximum absolute atomic E-state index is 11.7. The van der Waals surface area contributed by atoms with Gasteiger partial charge in [-0.15, -0.1) is 0 Å². The van der Waals surface area contributed by atoms with Crippen molar-refractivity contribution in [3.63, 3.8) is 0 Å². The van der Waals surface area contributed by atoms with Gasteiger partial charge < -0.3 is 10.1 Å². The minimum absolute atomic E-state index is 0.120. The Balaban J connectivity index is 1.80. The lowest BCUT2D eigenvalue weighted by Gasteiger charge is -2.14. The van der Waals surface area contributed by atoms with Gasteiger partial charge in [-0.1, -0.05) is 17.7 Å². The van der Waals surface area contributed by atoms with E-state index in [1.807, 2.05) is 38.1 Å². The van der Waals surface area contributed by atoms with Gasteiger partial charge in [0, 0.05) is 0 Å². The van der Waals surface area contributed by atoms with Gasteiger partial charge in [0.15, 0.2) is 5.69 Å². The van der Waals surface area contributed by atoms with Crippen LogP contribution in [0.4, 0.5) is 0 Å². The van der Waals surface area contributed by atoms with Crippen LogP contribution >= 0.6 is 0 Å². The number of hydrogen-bond acceptors (Lipinski definition) is 4. The molecule has 6 heteroatoms. The fourth-order valence-electron chi connectivity index (χ4n) is 1.51. The molecule has 6 nitrogen and oxygen atoms in total. The number of hydrogen-bond donors (Lipinski definition) is 2. The van der Waals surface area contributed by atoms with Crippen molar-refractivity contribution in [2.75, 3.05) is 6.61 Å². The lowest BCUT2D eigenvalue weighted by atomic mass is 10.2. The van der Waals surface area contributed by atoms with E-state index in [0.29, 0.717) is 6.61 Å². The molecular formula is C13H16N4O2. The SMILES string of the molecule is Cc1ccc(OCC(C)NC(=O)c2cn[nH]n2)cc1. The maximum Gasteiger partial charge on any atom is 0.273 e. The van der Waals surface area contributed by atoms with Gasteiger partial charge in [0.1, 0.15) is 12.4 Å². The van der Waals surface area contributed by atoms with E-state index < -0.39 is 0 Å². The van der Waals surface area contributed by atoms with Crippen LogP contribution in [0.2, 0.25) is 0 Å². The molecule has 1 heterocycles. The van der Waals surface area contributed by atoms with Crippen molar-refractivity contribution < 1.29 is 9.53 Å². The molecule has 0 saturated heterocycles. The molecule has 1 unspecified atom stereocenters. The van der Waals surface area contributed by atoms with Crippen LogP contribution in [0, 0.1) is 6.92 Å². The van der Waals surface area contributed by atoms with Gasteiger partial charge in [-0.05, 0) is 26.0 Å². The summed E-state index contributed by atoms with van der Waals surface area (Å²) in [5, 5.41) is 12.5. The highest BCUT2D eigenvalue weighted by Gasteiger charge is 2.12. The lowest BCUT2D eigenvalue weighted by Crippen LogP contribution is -2.37. The summed E-state index contributed by atoms with van der Waals surface area (Å²) in [6.45, 7) is 4.28. The standard InChI is InChI=1S/C13H16N4O2/c1-9-3-5-11(6-4-9)19-8-10(2)15-13(18)12-7-14-17-16-12/h3-7,10H,8H2,1-2H3,(H,15,18)(H,14,16,17). The molecule has 0 saturated carbocycles. The molecule has 1 atom stereocenters. The molecule has 0 radical (unpaired) electrons. The fraction of sp³-hybridized carbons (Fsp3) is 0.308. The van der Waals surface area contributed by atoms with Crippen LogP contribution in [0.15, 0.2) is 30.5 Å². The van der Waals surface area contributed by atoms with E-state index in [9.17, 15) is 4.79 Å². The highest BCUT2D eigenvalue weighted by molar-refractivity contribution is 5.91. The Labute approximate surface area is 111 Å². The van der Waals surface area contributed by atoms with Crippen LogP contribution in [0.5, 0.6) is 5.75 Å². The number of aromatic nitrogens is 3. The van der Waals surface area contributed by atoms with Crippen LogP contribution in [0.25, 0.3) is 0 Å². The second-order valence-electron chi connectivity index (χ2n) is 4.35. The van der Waals surface area contributed by atoms with Gasteiger partial charge in [-0.3, -0.25) is 4.79 Å². The topological polar surface area (TPSA) is 79.9 Å². The summed E-state index contributed by atoms with van der Waals surface area (Å²) in [6, 6.07) is 7.65. The Morgan fingerprint density at radius 1 is 1.42 bits per heavy atom. The van der Waals surface area contributed by atoms with Gasteiger partial charge in [0.05, 0.1) is 12.2 Å². The van der Waals surface area contributed by atoms with Gasteiger partial charge in [-0.25, -0.2) is 0 Å². The van der Waals surface area contributed by atoms with E-state index in [0.717, 1.165) is 5.75 Å². The molecule has 0 aliphatic rings. The van der Waals surface area contributed by atoms with Crippen molar-refractivity contribution in [1.82, 2.24) is 20.7 Å². The Morgan fingerprint density at radius 2 is 2.16 bits per heavy atom. The largest absolute Gasteiger partial charge is 0.491 e. The average Bonchev–Trinajstić information content (AvgIpc) is 2.92. The van der Waals surface area contributed by atoms with Crippen LogP contribution in [0.1, 0.15) is 23.0 Å². The molecule has 1 aromatic carbocycles. The van der Waals surface area contributed by atoms with Crippen LogP contribution in [0.3, 0.4) is 0 Å². The number of nitrogens with one attached hydrogen (secondary N) is 2. The van der Waals surface area contributed by atoms with Crippen LogP contribution in [-0.4, -0.2) is 34.0 Å². The van der Waals surface area contributed by atoms with Crippen molar-refractivity contribution in [1.29, 1.82) is 0 Å². The Kier molecular flexibility index (Phi) is 4.12. The quantitative estimate of drug-likeness (QED) is 0.849. The summed E-state index contributed by atoms with van der Waals surface area (Å²) in [4.78, 5) is 11.7. The molecule has 2 N–H and O–H groups in total. The third-order valence-corrected chi connectivity index (χ3v) is 2.55. The first-order chi connectivity index (χ1) is 9.15. The number of nitrogens with zero attached hydrogens (tertiary/aromatic N) is 2. The summed E-state index contributed by atoms with van der Waals surface area (Å²) in [7, 11) is 0. The maximum atomic E-state index is 11.7. The highest BCUT2D eigenvalue weighted by atomic mass is 16.5. The minimum atomic E-state index is -0.270. The van der Waals surface area contributed by atoms with E-state index in [-0.39, 0.29) is 17.6 Å². The van der Waals surface area contributed by atoms with Gasteiger partial charge in [0.25, 0.3) is 5.91 Å². The zero-order chi connectivity index (χ0) is 13.7. The fourth-order valence-corrected chi connectivity index (χ4v) is 1.51. The van der Waals surface area contributed by atoms with Crippen molar-refractivity contribution in [2.45, 2.75) is 19.9 Å². The van der Waals surface area contributed by atoms with Crippen molar-refractivity contribution in [3.8, 4) is 5.75 Å². The number of benzene rings is 1. The number of aromatic amines is 1. The first kappa shape index (κ1) is 13.1. The molecule has 0 fully saturated rings. The van der Waals surface area contributed by atoms with E-state index in [1.54, 1.807) is 0 Å². The second-order valence-corrected chi connectivity index (χ2v) is 4.35. The molecule has 100 valence electrons. The van der Waals surface area contributed by atoms with Crippen LogP contribution in [-0.2, 0) is 0 Å². The zero-order valence-electron chi connectivity index (χ0n) is 10.9. The van der Waals surface area contributed by atoms with E-state index >= 15 is 0 Å². The van der Waals surface area contributed by atoms with Gasteiger partial charge in [-0.2, -0.15) is 15.4 Å². The number of aryl methyl sites for hydroxylation is 1. The summed E-state index contributed by atoms with van der Waals surface area (Å²) in [6.07, 6.45) is 1.38. The number of carbonyl (C=O) groups excluding carboxylic acids is 1. The Bertz CT molecular complexity index is 522. The van der Waals surface area contributed by atoms with Crippen molar-refractivity contribution >= 4 is 5.91 Å². The van der Waals surface area contributed by atoms with Crippen molar-refractivity contribution in [3.05, 3.63) is 41.7 Å². The van der Waals surface area contributed by atoms with E-state index in [1.165, 1.54) is 11.8 Å². The number of carbonyl (C=O) groups is 1. The lowest BCUT2D eigenvalue weighted by molar-refractivity contribution is 0.0921. The van der Waals surface area contributed by atoms with Crippen molar-refractivity contribution in [2.24, 2.45) is 0 Å². The second kappa shape index (κ2) is 5.99. The third kappa shape index (κ3) is 3.80. The predicted molar refractivity (Wildman–Crippen MR) is 70.0 cm³/mol. The summed E-state index contributed by atoms with van der Waals surface area (Å²) >= 11 is 0. The van der Waals surface area contributed by atoms with Gasteiger partial charge in [0.2, 0.25) is 0 Å². The van der Waals surface area contributed by atoms with Gasteiger partial charge >= 0.3 is 0 Å². The van der Waals surface area contributed by atoms with E-state index in [4.69, 9.17) is 4.74 Å². The summed E-state index contributed by atoms with van der Waals surface area (Å²) < 4.78 is 5.58.